The van der Waals surface area contributed by atoms with E-state index in [9.17, 15) is 13.2 Å². The molecule has 1 aromatic carbocycles. The second kappa shape index (κ2) is 8.83. The summed E-state index contributed by atoms with van der Waals surface area (Å²) in [5, 5.41) is 7.12. The van der Waals surface area contributed by atoms with Gasteiger partial charge in [-0.3, -0.25) is 4.99 Å². The van der Waals surface area contributed by atoms with Crippen molar-refractivity contribution in [2.45, 2.75) is 51.5 Å². The highest BCUT2D eigenvalue weighted by Gasteiger charge is 2.51. The summed E-state index contributed by atoms with van der Waals surface area (Å²) in [5.41, 5.74) is 12.2. The first kappa shape index (κ1) is 23.8. The van der Waals surface area contributed by atoms with Crippen LogP contribution in [0.2, 0.25) is 0 Å². The highest BCUT2D eigenvalue weighted by Crippen LogP contribution is 2.36. The van der Waals surface area contributed by atoms with Crippen molar-refractivity contribution < 1.29 is 32.4 Å². The number of carboxylic acids is 1. The van der Waals surface area contributed by atoms with Gasteiger partial charge in [-0.25, -0.2) is 4.79 Å². The molecule has 0 unspecified atom stereocenters. The van der Waals surface area contributed by atoms with Crippen molar-refractivity contribution in [1.82, 2.24) is 0 Å². The van der Waals surface area contributed by atoms with E-state index in [2.05, 4.69) is 44.8 Å². The molecular weight excluding hydrogens is 378 g/mol. The average molecular weight is 403 g/mol. The van der Waals surface area contributed by atoms with Gasteiger partial charge in [0.05, 0.1) is 11.2 Å². The Hall–Kier alpha value is -2.27. The van der Waals surface area contributed by atoms with Gasteiger partial charge >= 0.3 is 19.3 Å². The van der Waals surface area contributed by atoms with Gasteiger partial charge in [-0.05, 0) is 45.1 Å². The van der Waals surface area contributed by atoms with Crippen LogP contribution in [0, 0.1) is 0 Å². The van der Waals surface area contributed by atoms with Crippen LogP contribution in [0.1, 0.15) is 33.3 Å². The standard InChI is InChI=1S/C15H24BN3O2.C2HF3O2/c1-14(2)15(3,4)21-16(20-14)12-7-5-11(6-8-12)9-10-19-13(17)18;3-2(4,5)1(6)7/h5-8H,9-10H2,1-4H3,(H4,17,18,19);(H,6,7). The van der Waals surface area contributed by atoms with Gasteiger partial charge in [0, 0.05) is 6.54 Å². The Balaban J connectivity index is 0.000000480. The lowest BCUT2D eigenvalue weighted by atomic mass is 9.79. The smallest absolute Gasteiger partial charge is 0.475 e. The van der Waals surface area contributed by atoms with Crippen molar-refractivity contribution in [1.29, 1.82) is 0 Å². The van der Waals surface area contributed by atoms with Gasteiger partial charge in [0.2, 0.25) is 0 Å². The summed E-state index contributed by atoms with van der Waals surface area (Å²) in [5.74, 6) is -2.63. The zero-order valence-corrected chi connectivity index (χ0v) is 16.2. The van der Waals surface area contributed by atoms with Crippen LogP contribution in [0.15, 0.2) is 29.3 Å². The Labute approximate surface area is 162 Å². The molecule has 0 saturated carbocycles. The molecule has 11 heteroatoms. The van der Waals surface area contributed by atoms with Crippen molar-refractivity contribution in [2.75, 3.05) is 6.54 Å². The van der Waals surface area contributed by atoms with E-state index in [0.717, 1.165) is 11.9 Å². The number of rotatable bonds is 4. The summed E-state index contributed by atoms with van der Waals surface area (Å²) < 4.78 is 43.8. The Bertz CT molecular complexity index is 687. The van der Waals surface area contributed by atoms with Crippen LogP contribution in [-0.4, -0.2) is 48.1 Å². The molecule has 0 radical (unpaired) electrons. The van der Waals surface area contributed by atoms with E-state index in [1.165, 1.54) is 5.56 Å². The molecule has 7 nitrogen and oxygen atoms in total. The highest BCUT2D eigenvalue weighted by atomic mass is 19.4. The van der Waals surface area contributed by atoms with Gasteiger partial charge in [0.1, 0.15) is 0 Å². The maximum Gasteiger partial charge on any atom is 0.494 e. The van der Waals surface area contributed by atoms with Crippen LogP contribution < -0.4 is 16.9 Å². The number of halogens is 3. The van der Waals surface area contributed by atoms with Crippen LogP contribution in [-0.2, 0) is 20.5 Å². The molecule has 0 atom stereocenters. The molecule has 2 rings (SSSR count). The third-order valence-corrected chi connectivity index (χ3v) is 4.44. The van der Waals surface area contributed by atoms with Gasteiger partial charge < -0.3 is 25.9 Å². The van der Waals surface area contributed by atoms with E-state index in [1.807, 2.05) is 12.1 Å². The van der Waals surface area contributed by atoms with E-state index in [-0.39, 0.29) is 24.3 Å². The van der Waals surface area contributed by atoms with Crippen molar-refractivity contribution in [2.24, 2.45) is 16.5 Å². The topological polar surface area (TPSA) is 120 Å². The minimum Gasteiger partial charge on any atom is -0.475 e. The fourth-order valence-corrected chi connectivity index (χ4v) is 2.13. The van der Waals surface area contributed by atoms with Crippen LogP contribution >= 0.6 is 0 Å². The summed E-state index contributed by atoms with van der Waals surface area (Å²) in [4.78, 5) is 12.9. The molecule has 28 heavy (non-hydrogen) atoms. The average Bonchev–Trinajstić information content (AvgIpc) is 2.75. The van der Waals surface area contributed by atoms with Gasteiger partial charge in [0.25, 0.3) is 0 Å². The summed E-state index contributed by atoms with van der Waals surface area (Å²) >= 11 is 0. The lowest BCUT2D eigenvalue weighted by molar-refractivity contribution is -0.192. The number of guanidine groups is 1. The number of carbonyl (C=O) groups is 1. The first-order valence-electron chi connectivity index (χ1n) is 8.46. The zero-order chi connectivity index (χ0) is 21.8. The molecule has 1 aromatic rings. The number of alkyl halides is 3. The van der Waals surface area contributed by atoms with Gasteiger partial charge in [-0.1, -0.05) is 24.3 Å². The highest BCUT2D eigenvalue weighted by molar-refractivity contribution is 6.62. The minimum absolute atomic E-state index is 0.129. The molecule has 0 aliphatic carbocycles. The number of hydrogen-bond acceptors (Lipinski definition) is 4. The number of benzene rings is 1. The number of carboxylic acid groups (broad SMARTS) is 1. The van der Waals surface area contributed by atoms with E-state index < -0.39 is 12.1 Å². The van der Waals surface area contributed by atoms with Gasteiger partial charge in [-0.2, -0.15) is 13.2 Å². The number of nitrogens with zero attached hydrogens (tertiary/aromatic N) is 1. The quantitative estimate of drug-likeness (QED) is 0.398. The molecule has 156 valence electrons. The van der Waals surface area contributed by atoms with Crippen LogP contribution in [0.4, 0.5) is 13.2 Å². The zero-order valence-electron chi connectivity index (χ0n) is 16.2. The largest absolute Gasteiger partial charge is 0.494 e. The van der Waals surface area contributed by atoms with Crippen molar-refractivity contribution in [3.8, 4) is 0 Å². The number of aliphatic imine (C=N–C) groups is 1. The Kier molecular flexibility index (Phi) is 7.49. The van der Waals surface area contributed by atoms with Crippen LogP contribution in [0.3, 0.4) is 0 Å². The molecule has 0 amide bonds. The predicted molar refractivity (Wildman–Crippen MR) is 100 cm³/mol. The molecule has 5 N–H and O–H groups in total. The molecule has 0 bridgehead atoms. The van der Waals surface area contributed by atoms with Crippen molar-refractivity contribution in [3.63, 3.8) is 0 Å². The van der Waals surface area contributed by atoms with Crippen LogP contribution in [0.5, 0.6) is 0 Å². The lowest BCUT2D eigenvalue weighted by Gasteiger charge is -2.32. The number of nitrogens with two attached hydrogens (primary N) is 2. The van der Waals surface area contributed by atoms with Crippen LogP contribution in [0.25, 0.3) is 0 Å². The fourth-order valence-electron chi connectivity index (χ4n) is 2.13. The minimum atomic E-state index is -5.08. The molecular formula is C17H25BF3N3O4. The fraction of sp³-hybridized carbons (Fsp3) is 0.529. The normalized spacial score (nSPS) is 17.5. The predicted octanol–water partition coefficient (Wildman–Crippen LogP) is 1.44. The summed E-state index contributed by atoms with van der Waals surface area (Å²) in [6.07, 6.45) is -4.28. The Morgan fingerprint density at radius 1 is 1.11 bits per heavy atom. The number of aliphatic carboxylic acids is 1. The van der Waals surface area contributed by atoms with Crippen molar-refractivity contribution in [3.05, 3.63) is 29.8 Å². The maximum absolute atomic E-state index is 10.6. The maximum atomic E-state index is 10.6. The molecule has 1 saturated heterocycles. The molecule has 1 aliphatic heterocycles. The molecule has 1 heterocycles. The van der Waals surface area contributed by atoms with E-state index in [0.29, 0.717) is 6.54 Å². The van der Waals surface area contributed by atoms with E-state index in [1.54, 1.807) is 0 Å². The summed E-state index contributed by atoms with van der Waals surface area (Å²) in [6, 6.07) is 8.19. The second-order valence-electron chi connectivity index (χ2n) is 7.19. The third-order valence-electron chi connectivity index (χ3n) is 4.44. The van der Waals surface area contributed by atoms with E-state index >= 15 is 0 Å². The van der Waals surface area contributed by atoms with E-state index in [4.69, 9.17) is 30.7 Å². The first-order chi connectivity index (χ1) is 12.7. The van der Waals surface area contributed by atoms with Gasteiger partial charge in [-0.15, -0.1) is 0 Å². The first-order valence-corrected chi connectivity index (χ1v) is 8.46. The SMILES string of the molecule is CC1(C)OB(c2ccc(CCN=C(N)N)cc2)OC1(C)C.O=C(O)C(F)(F)F. The molecule has 0 aromatic heterocycles. The molecule has 1 aliphatic rings. The van der Waals surface area contributed by atoms with Crippen molar-refractivity contribution >= 4 is 24.5 Å². The molecule has 1 fully saturated rings. The molecule has 0 spiro atoms. The third kappa shape index (κ3) is 6.72. The Morgan fingerprint density at radius 3 is 1.89 bits per heavy atom. The second-order valence-corrected chi connectivity index (χ2v) is 7.19. The van der Waals surface area contributed by atoms with Gasteiger partial charge in [0.15, 0.2) is 5.96 Å². The number of hydrogen-bond donors (Lipinski definition) is 3. The monoisotopic (exact) mass is 403 g/mol. The Morgan fingerprint density at radius 2 is 1.54 bits per heavy atom. The summed E-state index contributed by atoms with van der Waals surface area (Å²) in [6.45, 7) is 8.80. The lowest BCUT2D eigenvalue weighted by Crippen LogP contribution is -2.41. The summed E-state index contributed by atoms with van der Waals surface area (Å²) in [7, 11) is -0.318.